The monoisotopic (exact) mass is 499 g/mol. The second-order valence-corrected chi connectivity index (χ2v) is 8.81. The van der Waals surface area contributed by atoms with Crippen LogP contribution in [0.25, 0.3) is 5.70 Å². The first-order chi connectivity index (χ1) is 17.9. The van der Waals surface area contributed by atoms with Gasteiger partial charge < -0.3 is 19.5 Å². The van der Waals surface area contributed by atoms with E-state index in [4.69, 9.17) is 14.2 Å². The van der Waals surface area contributed by atoms with E-state index >= 15 is 0 Å². The molecule has 6 nitrogen and oxygen atoms in total. The summed E-state index contributed by atoms with van der Waals surface area (Å²) < 4.78 is 30.3. The Morgan fingerprint density at radius 1 is 0.973 bits per heavy atom. The Hall–Kier alpha value is -4.39. The van der Waals surface area contributed by atoms with Crippen molar-refractivity contribution in [3.63, 3.8) is 0 Å². The number of Topliss-reactive ketones (excluding diaryl/α,β-unsaturated/α-hetero) is 1. The molecular weight excluding hydrogens is 473 g/mol. The number of fused-ring (bicyclic) bond motifs is 2. The average Bonchev–Trinajstić information content (AvgIpc) is 3.19. The molecule has 188 valence electrons. The molecule has 7 heteroatoms. The van der Waals surface area contributed by atoms with Crippen LogP contribution >= 0.6 is 0 Å². The third-order valence-corrected chi connectivity index (χ3v) is 6.56. The van der Waals surface area contributed by atoms with Gasteiger partial charge in [-0.05, 0) is 49.2 Å². The van der Waals surface area contributed by atoms with Crippen molar-refractivity contribution < 1.29 is 28.2 Å². The molecule has 37 heavy (non-hydrogen) atoms. The molecule has 0 saturated carbocycles. The van der Waals surface area contributed by atoms with E-state index in [2.05, 4.69) is 5.32 Å². The number of allylic oxidation sites excluding steroid dienone is 2. The summed E-state index contributed by atoms with van der Waals surface area (Å²) in [5.74, 6) is -0.639. The second kappa shape index (κ2) is 9.93. The molecule has 1 N–H and O–H groups in total. The molecule has 3 aromatic carbocycles. The number of benzene rings is 3. The summed E-state index contributed by atoms with van der Waals surface area (Å²) in [6.07, 6.45) is 0. The fraction of sp³-hybridized carbons (Fsp3) is 0.200. The molecule has 0 saturated heterocycles. The molecule has 3 aromatic rings. The van der Waals surface area contributed by atoms with Gasteiger partial charge in [-0.1, -0.05) is 42.5 Å². The van der Waals surface area contributed by atoms with Crippen LogP contribution in [0.15, 0.2) is 83.6 Å². The van der Waals surface area contributed by atoms with Gasteiger partial charge >= 0.3 is 5.97 Å². The van der Waals surface area contributed by atoms with E-state index in [0.29, 0.717) is 51.8 Å². The third kappa shape index (κ3) is 4.37. The summed E-state index contributed by atoms with van der Waals surface area (Å²) in [4.78, 5) is 26.5. The Bertz CT molecular complexity index is 1460. The fourth-order valence-electron chi connectivity index (χ4n) is 4.88. The first-order valence-electron chi connectivity index (χ1n) is 12.0. The molecule has 0 aromatic heterocycles. The van der Waals surface area contributed by atoms with Crippen molar-refractivity contribution >= 4 is 17.4 Å². The van der Waals surface area contributed by atoms with Crippen molar-refractivity contribution in [2.24, 2.45) is 0 Å². The maximum Gasteiger partial charge on any atom is 0.336 e. The van der Waals surface area contributed by atoms with Crippen LogP contribution in [0, 0.1) is 5.82 Å². The highest BCUT2D eigenvalue weighted by atomic mass is 19.1. The molecule has 0 amide bonds. The maximum atomic E-state index is 13.6. The first-order valence-corrected chi connectivity index (χ1v) is 12.0. The largest absolute Gasteiger partial charge is 0.490 e. The lowest BCUT2D eigenvalue weighted by Crippen LogP contribution is -2.29. The average molecular weight is 500 g/mol. The minimum Gasteiger partial charge on any atom is -0.490 e. The number of esters is 1. The Kier molecular flexibility index (Phi) is 6.53. The number of halogens is 1. The van der Waals surface area contributed by atoms with Crippen LogP contribution in [0.3, 0.4) is 0 Å². The van der Waals surface area contributed by atoms with Gasteiger partial charge in [0.1, 0.15) is 12.4 Å². The Balaban J connectivity index is 1.57. The molecule has 5 rings (SSSR count). The van der Waals surface area contributed by atoms with Crippen molar-refractivity contribution in [3.8, 4) is 11.5 Å². The number of carbonyl (C=O) groups is 2. The minimum absolute atomic E-state index is 0.133. The zero-order chi connectivity index (χ0) is 26.1. The molecule has 1 unspecified atom stereocenters. The third-order valence-electron chi connectivity index (χ3n) is 6.56. The van der Waals surface area contributed by atoms with Gasteiger partial charge in [0.05, 0.1) is 25.0 Å². The highest BCUT2D eigenvalue weighted by Gasteiger charge is 2.43. The predicted molar refractivity (Wildman–Crippen MR) is 137 cm³/mol. The number of dihydropyridines is 1. The first kappa shape index (κ1) is 24.3. The molecular formula is C30H26FNO5. The lowest BCUT2D eigenvalue weighted by Gasteiger charge is -2.29. The smallest absolute Gasteiger partial charge is 0.336 e. The van der Waals surface area contributed by atoms with Crippen LogP contribution < -0.4 is 14.8 Å². The molecule has 1 heterocycles. The maximum absolute atomic E-state index is 13.6. The summed E-state index contributed by atoms with van der Waals surface area (Å²) in [5.41, 5.74) is 5.09. The molecule has 1 aliphatic carbocycles. The van der Waals surface area contributed by atoms with Gasteiger partial charge in [0.15, 0.2) is 17.3 Å². The molecule has 0 bridgehead atoms. The lowest BCUT2D eigenvalue weighted by molar-refractivity contribution is -0.136. The molecule has 1 aliphatic heterocycles. The van der Waals surface area contributed by atoms with Crippen LogP contribution in [0.1, 0.15) is 46.8 Å². The highest BCUT2D eigenvalue weighted by Crippen LogP contribution is 2.48. The van der Waals surface area contributed by atoms with Crippen molar-refractivity contribution in [3.05, 3.63) is 112 Å². The van der Waals surface area contributed by atoms with Gasteiger partial charge in [-0.3, -0.25) is 4.79 Å². The number of ketones is 1. The van der Waals surface area contributed by atoms with E-state index in [1.54, 1.807) is 37.3 Å². The number of rotatable bonds is 7. The van der Waals surface area contributed by atoms with Gasteiger partial charge in [-0.15, -0.1) is 0 Å². The predicted octanol–water partition coefficient (Wildman–Crippen LogP) is 5.54. The summed E-state index contributed by atoms with van der Waals surface area (Å²) in [6.45, 7) is 4.28. The van der Waals surface area contributed by atoms with E-state index < -0.39 is 11.9 Å². The van der Waals surface area contributed by atoms with Gasteiger partial charge in [0.25, 0.3) is 0 Å². The molecule has 0 fully saturated rings. The summed E-state index contributed by atoms with van der Waals surface area (Å²) in [6, 6.07) is 18.9. The number of nitrogens with one attached hydrogen (secondary N) is 1. The number of ether oxygens (including phenoxy) is 3. The second-order valence-electron chi connectivity index (χ2n) is 8.81. The molecule has 1 atom stereocenters. The van der Waals surface area contributed by atoms with E-state index in [-0.39, 0.29) is 18.2 Å². The lowest BCUT2D eigenvalue weighted by atomic mass is 9.79. The Morgan fingerprint density at radius 2 is 1.70 bits per heavy atom. The van der Waals surface area contributed by atoms with Gasteiger partial charge in [-0.2, -0.15) is 0 Å². The quantitative estimate of drug-likeness (QED) is 0.430. The van der Waals surface area contributed by atoms with Crippen molar-refractivity contribution in [1.82, 2.24) is 5.32 Å². The van der Waals surface area contributed by atoms with Crippen LogP contribution in [-0.2, 0) is 16.1 Å². The summed E-state index contributed by atoms with van der Waals surface area (Å²) in [7, 11) is 1.33. The minimum atomic E-state index is -0.658. The SMILES string of the molecule is CCOc1cc(C2C(C(=O)OC)=C(C)NC3=C2C(=O)c2ccccc23)ccc1OCc1ccc(F)cc1. The number of methoxy groups -OCH3 is 1. The van der Waals surface area contributed by atoms with Crippen LogP contribution in [0.2, 0.25) is 0 Å². The van der Waals surface area contributed by atoms with Crippen molar-refractivity contribution in [2.45, 2.75) is 26.4 Å². The van der Waals surface area contributed by atoms with Gasteiger partial charge in [-0.25, -0.2) is 9.18 Å². The van der Waals surface area contributed by atoms with Gasteiger partial charge in [0.2, 0.25) is 0 Å². The Morgan fingerprint density at radius 3 is 2.41 bits per heavy atom. The van der Waals surface area contributed by atoms with Crippen molar-refractivity contribution in [1.29, 1.82) is 0 Å². The Labute approximate surface area is 214 Å². The van der Waals surface area contributed by atoms with Gasteiger partial charge in [0, 0.05) is 28.3 Å². The zero-order valence-corrected chi connectivity index (χ0v) is 20.8. The van der Waals surface area contributed by atoms with E-state index in [1.807, 2.05) is 31.2 Å². The van der Waals surface area contributed by atoms with E-state index in [0.717, 1.165) is 11.1 Å². The number of hydrogen-bond donors (Lipinski definition) is 1. The molecule has 0 spiro atoms. The van der Waals surface area contributed by atoms with E-state index in [1.165, 1.54) is 19.2 Å². The zero-order valence-electron chi connectivity index (χ0n) is 20.8. The standard InChI is InChI=1S/C30H26FNO5/c1-4-36-24-15-19(11-14-23(24)37-16-18-9-12-20(31)13-10-18)26-25(30(34)35-3)17(2)32-28-21-7-5-6-8-22(21)29(33)27(26)28/h5-15,26,32H,4,16H2,1-3H3. The number of hydrogen-bond acceptors (Lipinski definition) is 6. The van der Waals surface area contributed by atoms with Crippen molar-refractivity contribution in [2.75, 3.05) is 13.7 Å². The fourth-order valence-corrected chi connectivity index (χ4v) is 4.88. The number of carbonyl (C=O) groups excluding carboxylic acids is 2. The summed E-state index contributed by atoms with van der Waals surface area (Å²) >= 11 is 0. The van der Waals surface area contributed by atoms with Crippen LogP contribution in [0.4, 0.5) is 4.39 Å². The topological polar surface area (TPSA) is 73.9 Å². The molecule has 2 aliphatic rings. The normalized spacial score (nSPS) is 16.2. The van der Waals surface area contributed by atoms with E-state index in [9.17, 15) is 14.0 Å². The van der Waals surface area contributed by atoms with Crippen LogP contribution in [-0.4, -0.2) is 25.5 Å². The molecule has 0 radical (unpaired) electrons. The summed E-state index contributed by atoms with van der Waals surface area (Å²) in [5, 5.41) is 3.28. The highest BCUT2D eigenvalue weighted by molar-refractivity contribution is 6.23. The van der Waals surface area contributed by atoms with Crippen LogP contribution in [0.5, 0.6) is 11.5 Å².